The summed E-state index contributed by atoms with van der Waals surface area (Å²) in [4.78, 5) is 36.5. The van der Waals surface area contributed by atoms with Crippen LogP contribution in [0.5, 0.6) is 0 Å². The van der Waals surface area contributed by atoms with Gasteiger partial charge in [0.1, 0.15) is 6.10 Å². The van der Waals surface area contributed by atoms with Gasteiger partial charge in [-0.15, -0.1) is 0 Å². The Hall–Kier alpha value is -2.49. The van der Waals surface area contributed by atoms with Crippen LogP contribution in [0.3, 0.4) is 0 Å². The van der Waals surface area contributed by atoms with Gasteiger partial charge in [-0.3, -0.25) is 19.1 Å². The summed E-state index contributed by atoms with van der Waals surface area (Å²) in [5.74, 6) is -2.23. The molecule has 9 nitrogen and oxygen atoms in total. The van der Waals surface area contributed by atoms with Gasteiger partial charge < -0.3 is 24.1 Å². The first-order valence-electron chi connectivity index (χ1n) is 13.8. The molecule has 2 aliphatic carbocycles. The number of carbonyl (C=O) groups is 3. The summed E-state index contributed by atoms with van der Waals surface area (Å²) in [7, 11) is 0. The van der Waals surface area contributed by atoms with Crippen LogP contribution in [0.15, 0.2) is 36.0 Å². The maximum absolute atomic E-state index is 12.3. The van der Waals surface area contributed by atoms with Crippen molar-refractivity contribution in [1.82, 2.24) is 0 Å². The highest BCUT2D eigenvalue weighted by molar-refractivity contribution is 5.68. The third-order valence-corrected chi connectivity index (χ3v) is 8.79. The zero-order valence-electron chi connectivity index (χ0n) is 24.2. The second-order valence-electron chi connectivity index (χ2n) is 11.3. The van der Waals surface area contributed by atoms with E-state index in [2.05, 4.69) is 33.4 Å². The Morgan fingerprint density at radius 3 is 2.33 bits per heavy atom. The van der Waals surface area contributed by atoms with Gasteiger partial charge in [0, 0.05) is 33.0 Å². The molecule has 1 saturated heterocycles. The highest BCUT2D eigenvalue weighted by Gasteiger charge is 2.73. The fourth-order valence-electron chi connectivity index (χ4n) is 6.70. The Labute approximate surface area is 231 Å². The molecule has 9 heteroatoms. The van der Waals surface area contributed by atoms with Crippen LogP contribution < -0.4 is 0 Å². The molecule has 1 aliphatic heterocycles. The van der Waals surface area contributed by atoms with E-state index < -0.39 is 65.5 Å². The van der Waals surface area contributed by atoms with Gasteiger partial charge in [-0.1, -0.05) is 51.5 Å². The molecule has 1 spiro atoms. The standard InChI is InChI=1S/C30H44O9/c1-9-11-14-35-25-18(4)29(8,13-12-17(3)10-2)24-16-22(36-19(5)31)15-23-27(37-20(6)32)39-28(38-21(7)33)30(23,24)26(25)34/h10,12,15,18,22,24-28,34H,2,9,11,13-14,16H2,1,3-8H3/b17-12-/t18-,22+,24+,25-,26+,27+,28-,29-,30?/m1/s1. The van der Waals surface area contributed by atoms with Crippen molar-refractivity contribution in [2.75, 3.05) is 6.61 Å². The first-order chi connectivity index (χ1) is 18.3. The van der Waals surface area contributed by atoms with E-state index in [-0.39, 0.29) is 5.92 Å². The number of rotatable bonds is 10. The molecule has 39 heavy (non-hydrogen) atoms. The smallest absolute Gasteiger partial charge is 0.305 e. The summed E-state index contributed by atoms with van der Waals surface area (Å²) in [6, 6.07) is 0. The Kier molecular flexibility index (Phi) is 9.83. The van der Waals surface area contributed by atoms with E-state index >= 15 is 0 Å². The minimum absolute atomic E-state index is 0.156. The van der Waals surface area contributed by atoms with E-state index in [4.69, 9.17) is 23.7 Å². The molecule has 0 amide bonds. The zero-order valence-corrected chi connectivity index (χ0v) is 24.2. The van der Waals surface area contributed by atoms with Crippen molar-refractivity contribution < 1.29 is 43.2 Å². The summed E-state index contributed by atoms with van der Waals surface area (Å²) in [6.45, 7) is 16.4. The quantitative estimate of drug-likeness (QED) is 0.139. The number of unbranched alkanes of at least 4 members (excludes halogenated alkanes) is 1. The lowest BCUT2D eigenvalue weighted by Crippen LogP contribution is -2.68. The Bertz CT molecular complexity index is 1020. The van der Waals surface area contributed by atoms with Crippen molar-refractivity contribution in [3.8, 4) is 0 Å². The molecule has 0 radical (unpaired) electrons. The molecule has 3 aliphatic rings. The molecule has 1 N–H and O–H groups in total. The normalized spacial score (nSPS) is 37.7. The lowest BCUT2D eigenvalue weighted by Gasteiger charge is -2.62. The van der Waals surface area contributed by atoms with E-state index in [1.54, 1.807) is 12.2 Å². The van der Waals surface area contributed by atoms with E-state index in [1.165, 1.54) is 20.8 Å². The highest BCUT2D eigenvalue weighted by Crippen LogP contribution is 2.67. The number of esters is 3. The second kappa shape index (κ2) is 12.4. The molecule has 0 aromatic heterocycles. The van der Waals surface area contributed by atoms with Crippen LogP contribution in [0, 0.1) is 22.7 Å². The van der Waals surface area contributed by atoms with Crippen LogP contribution in [-0.4, -0.2) is 60.5 Å². The van der Waals surface area contributed by atoms with Gasteiger partial charge in [-0.2, -0.15) is 0 Å². The molecule has 9 atom stereocenters. The molecule has 3 rings (SSSR count). The largest absolute Gasteiger partial charge is 0.458 e. The summed E-state index contributed by atoms with van der Waals surface area (Å²) < 4.78 is 29.5. The van der Waals surface area contributed by atoms with Crippen molar-refractivity contribution in [2.45, 2.75) is 105 Å². The van der Waals surface area contributed by atoms with Gasteiger partial charge in [-0.05, 0) is 49.5 Å². The summed E-state index contributed by atoms with van der Waals surface area (Å²) in [5, 5.41) is 12.2. The number of allylic oxidation sites excluding steroid dienone is 3. The first kappa shape index (κ1) is 31.0. The van der Waals surface area contributed by atoms with Gasteiger partial charge in [0.15, 0.2) is 0 Å². The third-order valence-electron chi connectivity index (χ3n) is 8.79. The SMILES string of the molecule is C=C/C(C)=C\C[C@]1(C)[C@H](C)[C@@H](OCCCC)[C@H](O)C23C(=C[C@H](OC(C)=O)C[C@H]21)[C@@H](OC(C)=O)O[C@H]3OC(C)=O. The zero-order chi connectivity index (χ0) is 29.1. The predicted octanol–water partition coefficient (Wildman–Crippen LogP) is 4.38. The van der Waals surface area contributed by atoms with E-state index in [0.29, 0.717) is 25.0 Å². The summed E-state index contributed by atoms with van der Waals surface area (Å²) in [6.07, 6.45) is 3.28. The fourth-order valence-corrected chi connectivity index (χ4v) is 6.70. The monoisotopic (exact) mass is 548 g/mol. The number of carbonyl (C=O) groups excluding carboxylic acids is 3. The van der Waals surface area contributed by atoms with Crippen LogP contribution >= 0.6 is 0 Å². The molecule has 2 fully saturated rings. The lowest BCUT2D eigenvalue weighted by molar-refractivity contribution is -0.278. The molecular weight excluding hydrogens is 504 g/mol. The average molecular weight is 549 g/mol. The molecule has 218 valence electrons. The van der Waals surface area contributed by atoms with Crippen molar-refractivity contribution in [1.29, 1.82) is 0 Å². The first-order valence-corrected chi connectivity index (χ1v) is 13.8. The van der Waals surface area contributed by atoms with Gasteiger partial charge in [0.05, 0.1) is 17.6 Å². The van der Waals surface area contributed by atoms with Crippen molar-refractivity contribution in [3.05, 3.63) is 36.0 Å². The summed E-state index contributed by atoms with van der Waals surface area (Å²) >= 11 is 0. The van der Waals surface area contributed by atoms with E-state index in [1.807, 2.05) is 6.92 Å². The minimum Gasteiger partial charge on any atom is -0.458 e. The number of hydrogen-bond donors (Lipinski definition) is 1. The number of hydrogen-bond acceptors (Lipinski definition) is 9. The van der Waals surface area contributed by atoms with Crippen molar-refractivity contribution in [3.63, 3.8) is 0 Å². The van der Waals surface area contributed by atoms with Crippen LogP contribution in [-0.2, 0) is 38.1 Å². The van der Waals surface area contributed by atoms with Crippen LogP contribution in [0.25, 0.3) is 0 Å². The second-order valence-corrected chi connectivity index (χ2v) is 11.3. The highest BCUT2D eigenvalue weighted by atomic mass is 16.8. The predicted molar refractivity (Wildman–Crippen MR) is 143 cm³/mol. The van der Waals surface area contributed by atoms with E-state index in [9.17, 15) is 19.5 Å². The molecule has 0 aromatic rings. The topological polar surface area (TPSA) is 118 Å². The fraction of sp³-hybridized carbons (Fsp3) is 0.700. The minimum atomic E-state index is -1.31. The Balaban J connectivity index is 2.30. The van der Waals surface area contributed by atoms with Crippen molar-refractivity contribution in [2.24, 2.45) is 22.7 Å². The molecule has 1 unspecified atom stereocenters. The lowest BCUT2D eigenvalue weighted by atomic mass is 9.44. The van der Waals surface area contributed by atoms with Gasteiger partial charge in [0.2, 0.25) is 12.6 Å². The van der Waals surface area contributed by atoms with E-state index in [0.717, 1.165) is 18.4 Å². The number of aliphatic hydroxyl groups excluding tert-OH is 1. The Morgan fingerprint density at radius 1 is 1.13 bits per heavy atom. The van der Waals surface area contributed by atoms with Gasteiger partial charge >= 0.3 is 17.9 Å². The molecule has 0 aromatic carbocycles. The molecule has 0 bridgehead atoms. The van der Waals surface area contributed by atoms with Gasteiger partial charge in [-0.25, -0.2) is 0 Å². The maximum atomic E-state index is 12.3. The maximum Gasteiger partial charge on any atom is 0.305 e. The average Bonchev–Trinajstić information content (AvgIpc) is 3.14. The molecule has 1 heterocycles. The van der Waals surface area contributed by atoms with Crippen LogP contribution in [0.2, 0.25) is 0 Å². The summed E-state index contributed by atoms with van der Waals surface area (Å²) in [5.41, 5.74) is -0.445. The molecular formula is C30H44O9. The van der Waals surface area contributed by atoms with Crippen LogP contribution in [0.4, 0.5) is 0 Å². The third kappa shape index (κ3) is 5.86. The number of ether oxygens (including phenoxy) is 5. The molecule has 1 saturated carbocycles. The van der Waals surface area contributed by atoms with Crippen LogP contribution in [0.1, 0.15) is 74.1 Å². The van der Waals surface area contributed by atoms with Crippen molar-refractivity contribution >= 4 is 17.9 Å². The number of aliphatic hydroxyl groups is 1. The Morgan fingerprint density at radius 2 is 1.77 bits per heavy atom. The van der Waals surface area contributed by atoms with Gasteiger partial charge in [0.25, 0.3) is 0 Å².